The van der Waals surface area contributed by atoms with Crippen LogP contribution in [0.25, 0.3) is 5.69 Å². The molecule has 0 unspecified atom stereocenters. The fraction of sp³-hybridized carbons (Fsp3) is 0.143. The molecule has 0 atom stereocenters. The van der Waals surface area contributed by atoms with Gasteiger partial charge in [-0.25, -0.2) is 4.98 Å². The maximum Gasteiger partial charge on any atom is 0.273 e. The lowest BCUT2D eigenvalue weighted by atomic mass is 9.98. The second kappa shape index (κ2) is 10.6. The minimum atomic E-state index is -0.301. The van der Waals surface area contributed by atoms with Crippen molar-refractivity contribution in [3.63, 3.8) is 0 Å². The second-order valence-corrected chi connectivity index (χ2v) is 9.29. The third-order valence-electron chi connectivity index (χ3n) is 5.71. The van der Waals surface area contributed by atoms with Crippen molar-refractivity contribution in [1.82, 2.24) is 25.1 Å². The van der Waals surface area contributed by atoms with E-state index in [1.165, 1.54) is 18.0 Å². The zero-order valence-corrected chi connectivity index (χ0v) is 20.8. The highest BCUT2D eigenvalue weighted by molar-refractivity contribution is 7.98. The number of nitrogens with one attached hydrogen (secondary N) is 1. The Kier molecular flexibility index (Phi) is 6.95. The molecule has 0 bridgehead atoms. The molecule has 2 heterocycles. The van der Waals surface area contributed by atoms with Crippen molar-refractivity contribution in [2.75, 3.05) is 0 Å². The summed E-state index contributed by atoms with van der Waals surface area (Å²) in [6.45, 7) is 3.97. The Hall–Kier alpha value is -4.17. The van der Waals surface area contributed by atoms with Gasteiger partial charge in [0.2, 0.25) is 5.89 Å². The Morgan fingerprint density at radius 3 is 2.31 bits per heavy atom. The highest BCUT2D eigenvalue weighted by atomic mass is 32.2. The lowest BCUT2D eigenvalue weighted by molar-refractivity contribution is 0.0938. The molecule has 7 nitrogen and oxygen atoms in total. The number of hydrogen-bond acceptors (Lipinski definition) is 6. The van der Waals surface area contributed by atoms with Gasteiger partial charge in [0.05, 0.1) is 11.8 Å². The molecule has 0 aliphatic heterocycles. The monoisotopic (exact) mass is 495 g/mol. The van der Waals surface area contributed by atoms with Gasteiger partial charge in [0.1, 0.15) is 12.1 Å². The number of rotatable bonds is 8. The highest BCUT2D eigenvalue weighted by Crippen LogP contribution is 2.26. The Morgan fingerprint density at radius 2 is 1.64 bits per heavy atom. The Labute approximate surface area is 213 Å². The summed E-state index contributed by atoms with van der Waals surface area (Å²) in [6.07, 6.45) is 1.40. The van der Waals surface area contributed by atoms with Gasteiger partial charge in [0.15, 0.2) is 10.9 Å². The number of carbonyl (C=O) groups excluding carboxylic acids is 1. The van der Waals surface area contributed by atoms with Gasteiger partial charge in [-0.05, 0) is 42.7 Å². The van der Waals surface area contributed by atoms with Crippen molar-refractivity contribution in [3.05, 3.63) is 125 Å². The van der Waals surface area contributed by atoms with Crippen LogP contribution in [-0.4, -0.2) is 25.7 Å². The van der Waals surface area contributed by atoms with E-state index >= 15 is 0 Å². The Balaban J connectivity index is 1.30. The molecule has 0 radical (unpaired) electrons. The molecule has 0 aliphatic rings. The van der Waals surface area contributed by atoms with Gasteiger partial charge in [0, 0.05) is 5.69 Å². The van der Waals surface area contributed by atoms with Crippen LogP contribution in [-0.2, 0) is 5.75 Å². The van der Waals surface area contributed by atoms with Crippen LogP contribution in [0, 0.1) is 13.8 Å². The van der Waals surface area contributed by atoms with Crippen molar-refractivity contribution >= 4 is 17.7 Å². The molecule has 180 valence electrons. The highest BCUT2D eigenvalue weighted by Gasteiger charge is 2.21. The molecule has 0 saturated carbocycles. The summed E-state index contributed by atoms with van der Waals surface area (Å²) in [5.41, 5.74) is 4.37. The summed E-state index contributed by atoms with van der Waals surface area (Å²) in [5, 5.41) is 12.4. The number of oxazole rings is 1. The summed E-state index contributed by atoms with van der Waals surface area (Å²) in [6, 6.07) is 27.6. The third kappa shape index (κ3) is 5.23. The van der Waals surface area contributed by atoms with Crippen LogP contribution < -0.4 is 5.32 Å². The average molecular weight is 496 g/mol. The lowest BCUT2D eigenvalue weighted by Gasteiger charge is -2.19. The standard InChI is InChI=1S/C28H25N5O2S/c1-19-10-9-15-23(16-19)33-20(2)31-32-28(33)36-18-25-29-24(17-35-25)27(34)30-26(21-11-5-3-6-12-21)22-13-7-4-8-14-22/h3-17,26H,18H2,1-2H3,(H,30,34). The predicted octanol–water partition coefficient (Wildman–Crippen LogP) is 5.68. The Bertz CT molecular complexity index is 1420. The molecule has 3 aromatic carbocycles. The van der Waals surface area contributed by atoms with Gasteiger partial charge in [-0.3, -0.25) is 9.36 Å². The summed E-state index contributed by atoms with van der Waals surface area (Å²) in [7, 11) is 0. The number of hydrogen-bond donors (Lipinski definition) is 1. The van der Waals surface area contributed by atoms with E-state index in [-0.39, 0.29) is 17.6 Å². The normalized spacial score (nSPS) is 11.1. The van der Waals surface area contributed by atoms with Crippen molar-refractivity contribution in [1.29, 1.82) is 0 Å². The maximum atomic E-state index is 13.1. The van der Waals surface area contributed by atoms with Crippen LogP contribution in [0.5, 0.6) is 0 Å². The van der Waals surface area contributed by atoms with E-state index in [9.17, 15) is 4.79 Å². The first-order valence-electron chi connectivity index (χ1n) is 11.6. The van der Waals surface area contributed by atoms with E-state index in [1.54, 1.807) is 0 Å². The summed E-state index contributed by atoms with van der Waals surface area (Å²) >= 11 is 1.46. The van der Waals surface area contributed by atoms with E-state index in [0.717, 1.165) is 33.4 Å². The van der Waals surface area contributed by atoms with E-state index in [1.807, 2.05) is 84.3 Å². The maximum absolute atomic E-state index is 13.1. The molecule has 0 fully saturated rings. The number of nitrogens with zero attached hydrogens (tertiary/aromatic N) is 4. The molecule has 2 aromatic heterocycles. The van der Waals surface area contributed by atoms with Gasteiger partial charge in [-0.15, -0.1) is 10.2 Å². The van der Waals surface area contributed by atoms with Gasteiger partial charge in [-0.2, -0.15) is 0 Å². The predicted molar refractivity (Wildman–Crippen MR) is 139 cm³/mol. The van der Waals surface area contributed by atoms with Crippen LogP contribution >= 0.6 is 11.8 Å². The minimum absolute atomic E-state index is 0.235. The first kappa shape index (κ1) is 23.6. The van der Waals surface area contributed by atoms with Gasteiger partial charge in [-0.1, -0.05) is 84.6 Å². The molecule has 5 rings (SSSR count). The van der Waals surface area contributed by atoms with Gasteiger partial charge >= 0.3 is 0 Å². The Morgan fingerprint density at radius 1 is 0.944 bits per heavy atom. The molecular formula is C28H25N5O2S. The topological polar surface area (TPSA) is 85.8 Å². The summed E-state index contributed by atoms with van der Waals surface area (Å²) in [4.78, 5) is 17.5. The fourth-order valence-electron chi connectivity index (χ4n) is 3.96. The zero-order valence-electron chi connectivity index (χ0n) is 20.0. The van der Waals surface area contributed by atoms with E-state index in [2.05, 4.69) is 39.6 Å². The SMILES string of the molecule is Cc1cccc(-n2c(C)nnc2SCc2nc(C(=O)NC(c3ccccc3)c3ccccc3)co2)c1. The zero-order chi connectivity index (χ0) is 24.9. The van der Waals surface area contributed by atoms with Gasteiger partial charge in [0.25, 0.3) is 5.91 Å². The van der Waals surface area contributed by atoms with Crippen LogP contribution in [0.3, 0.4) is 0 Å². The van der Waals surface area contributed by atoms with E-state index in [0.29, 0.717) is 11.6 Å². The largest absolute Gasteiger partial charge is 0.447 e. The summed E-state index contributed by atoms with van der Waals surface area (Å²) in [5.74, 6) is 1.35. The molecule has 8 heteroatoms. The minimum Gasteiger partial charge on any atom is -0.447 e. The summed E-state index contributed by atoms with van der Waals surface area (Å²) < 4.78 is 7.62. The van der Waals surface area contributed by atoms with Crippen molar-refractivity contribution in [3.8, 4) is 5.69 Å². The number of aromatic nitrogens is 4. The van der Waals surface area contributed by atoms with Crippen molar-refractivity contribution in [2.24, 2.45) is 0 Å². The van der Waals surface area contributed by atoms with Crippen LogP contribution in [0.1, 0.15) is 44.9 Å². The first-order valence-corrected chi connectivity index (χ1v) is 12.5. The van der Waals surface area contributed by atoms with Crippen LogP contribution in [0.4, 0.5) is 0 Å². The molecule has 1 amide bonds. The smallest absolute Gasteiger partial charge is 0.273 e. The lowest BCUT2D eigenvalue weighted by Crippen LogP contribution is -2.29. The number of aryl methyl sites for hydroxylation is 2. The molecule has 0 saturated heterocycles. The molecule has 5 aromatic rings. The van der Waals surface area contributed by atoms with Crippen molar-refractivity contribution < 1.29 is 9.21 Å². The average Bonchev–Trinajstić information content (AvgIpc) is 3.53. The van der Waals surface area contributed by atoms with E-state index < -0.39 is 0 Å². The molecule has 1 N–H and O–H groups in total. The molecule has 36 heavy (non-hydrogen) atoms. The van der Waals surface area contributed by atoms with Crippen LogP contribution in [0.15, 0.2) is 101 Å². The van der Waals surface area contributed by atoms with Gasteiger partial charge < -0.3 is 9.73 Å². The van der Waals surface area contributed by atoms with Crippen LogP contribution in [0.2, 0.25) is 0 Å². The fourth-order valence-corrected chi connectivity index (χ4v) is 4.81. The molecular weight excluding hydrogens is 470 g/mol. The van der Waals surface area contributed by atoms with Crippen molar-refractivity contribution in [2.45, 2.75) is 30.8 Å². The first-order chi connectivity index (χ1) is 17.6. The number of thioether (sulfide) groups is 1. The second-order valence-electron chi connectivity index (χ2n) is 8.35. The molecule has 0 spiro atoms. The number of benzene rings is 3. The quantitative estimate of drug-likeness (QED) is 0.279. The number of carbonyl (C=O) groups is 1. The molecule has 0 aliphatic carbocycles. The van der Waals surface area contributed by atoms with E-state index in [4.69, 9.17) is 4.42 Å². The number of amides is 1. The third-order valence-corrected chi connectivity index (χ3v) is 6.62.